The highest BCUT2D eigenvalue weighted by Crippen LogP contribution is 2.17. The number of thioether (sulfide) groups is 1. The molecule has 1 aromatic heterocycles. The first-order chi connectivity index (χ1) is 7.02. The maximum Gasteiger partial charge on any atom is 0.323 e. The van der Waals surface area contributed by atoms with Crippen LogP contribution in [-0.2, 0) is 4.79 Å². The molecule has 0 amide bonds. The van der Waals surface area contributed by atoms with E-state index in [0.29, 0.717) is 6.42 Å². The Hall–Kier alpha value is -1.01. The van der Waals surface area contributed by atoms with Crippen molar-refractivity contribution >= 4 is 17.7 Å². The predicted octanol–water partition coefficient (Wildman–Crippen LogP) is 1.08. The smallest absolute Gasteiger partial charge is 0.323 e. The minimum absolute atomic E-state index is 0.468. The molecule has 1 atom stereocenters. The Morgan fingerprint density at radius 3 is 3.07 bits per heavy atom. The summed E-state index contributed by atoms with van der Waals surface area (Å²) in [5.41, 5.74) is 4.47. The second kappa shape index (κ2) is 5.18. The molecule has 6 heteroatoms. The van der Waals surface area contributed by atoms with Gasteiger partial charge < -0.3 is 15.8 Å². The molecule has 0 aliphatic heterocycles. The van der Waals surface area contributed by atoms with E-state index >= 15 is 0 Å². The lowest BCUT2D eigenvalue weighted by Crippen LogP contribution is -2.44. The van der Waals surface area contributed by atoms with Gasteiger partial charge in [0.15, 0.2) is 5.16 Å². The first-order valence-electron chi connectivity index (χ1n) is 4.67. The largest absolute Gasteiger partial charge is 0.480 e. The third-order valence-corrected chi connectivity index (χ3v) is 3.03. The second-order valence-corrected chi connectivity index (χ2v) is 4.65. The molecule has 1 heterocycles. The van der Waals surface area contributed by atoms with Crippen molar-refractivity contribution in [3.05, 3.63) is 12.4 Å². The molecule has 0 aliphatic rings. The number of nitrogens with zero attached hydrogens (tertiary/aromatic N) is 1. The van der Waals surface area contributed by atoms with Crippen LogP contribution in [-0.4, -0.2) is 32.3 Å². The number of carbonyl (C=O) groups is 1. The van der Waals surface area contributed by atoms with Gasteiger partial charge in [0.25, 0.3) is 0 Å². The standard InChI is InChI=1S/C9H15N3O2S/c1-9(10,7(13)14)3-2-6-15-8-11-4-5-12-8/h4-5H,2-3,6,10H2,1H3,(H,11,12)(H,13,14). The quantitative estimate of drug-likeness (QED) is 0.501. The molecule has 0 spiro atoms. The van der Waals surface area contributed by atoms with Crippen molar-refractivity contribution < 1.29 is 9.90 Å². The number of carboxylic acids is 1. The number of nitrogens with two attached hydrogens (primary N) is 1. The summed E-state index contributed by atoms with van der Waals surface area (Å²) < 4.78 is 0. The first-order valence-corrected chi connectivity index (χ1v) is 5.65. The zero-order chi connectivity index (χ0) is 11.3. The molecule has 1 aromatic rings. The van der Waals surface area contributed by atoms with Gasteiger partial charge >= 0.3 is 5.97 Å². The SMILES string of the molecule is CC(N)(CCCSc1ncc[nH]1)C(=O)O. The van der Waals surface area contributed by atoms with E-state index in [1.54, 1.807) is 24.2 Å². The van der Waals surface area contributed by atoms with Gasteiger partial charge in [-0.25, -0.2) is 4.98 Å². The van der Waals surface area contributed by atoms with Crippen LogP contribution in [0.5, 0.6) is 0 Å². The van der Waals surface area contributed by atoms with Crippen LogP contribution in [0.25, 0.3) is 0 Å². The number of aromatic nitrogens is 2. The van der Waals surface area contributed by atoms with Gasteiger partial charge in [0.1, 0.15) is 5.54 Å². The number of nitrogens with one attached hydrogen (secondary N) is 1. The topological polar surface area (TPSA) is 92.0 Å². The molecule has 5 nitrogen and oxygen atoms in total. The van der Waals surface area contributed by atoms with Crippen LogP contribution >= 0.6 is 11.8 Å². The molecule has 0 aromatic carbocycles. The van der Waals surface area contributed by atoms with Crippen LogP contribution < -0.4 is 5.73 Å². The van der Waals surface area contributed by atoms with Gasteiger partial charge in [-0.15, -0.1) is 0 Å². The normalized spacial score (nSPS) is 14.8. The molecule has 0 fully saturated rings. The molecule has 0 aliphatic carbocycles. The lowest BCUT2D eigenvalue weighted by atomic mass is 9.98. The zero-order valence-corrected chi connectivity index (χ0v) is 9.38. The predicted molar refractivity (Wildman–Crippen MR) is 58.8 cm³/mol. The maximum atomic E-state index is 10.7. The van der Waals surface area contributed by atoms with E-state index in [4.69, 9.17) is 10.8 Å². The summed E-state index contributed by atoms with van der Waals surface area (Å²) in [5, 5.41) is 9.63. The molecule has 0 saturated heterocycles. The summed E-state index contributed by atoms with van der Waals surface area (Å²) in [6.45, 7) is 1.53. The van der Waals surface area contributed by atoms with Gasteiger partial charge in [-0.1, -0.05) is 11.8 Å². The van der Waals surface area contributed by atoms with E-state index in [1.807, 2.05) is 0 Å². The van der Waals surface area contributed by atoms with Crippen LogP contribution in [0, 0.1) is 0 Å². The van der Waals surface area contributed by atoms with Gasteiger partial charge in [-0.2, -0.15) is 0 Å². The van der Waals surface area contributed by atoms with E-state index in [1.165, 1.54) is 6.92 Å². The average Bonchev–Trinajstić information content (AvgIpc) is 2.64. The highest BCUT2D eigenvalue weighted by atomic mass is 32.2. The fraction of sp³-hybridized carbons (Fsp3) is 0.556. The van der Waals surface area contributed by atoms with Gasteiger partial charge in [-0.3, -0.25) is 4.79 Å². The van der Waals surface area contributed by atoms with Gasteiger partial charge in [0.05, 0.1) is 0 Å². The van der Waals surface area contributed by atoms with E-state index in [9.17, 15) is 4.79 Å². The van der Waals surface area contributed by atoms with E-state index in [0.717, 1.165) is 17.3 Å². The van der Waals surface area contributed by atoms with E-state index < -0.39 is 11.5 Å². The number of carboxylic acid groups (broad SMARTS) is 1. The number of aromatic amines is 1. The second-order valence-electron chi connectivity index (χ2n) is 3.57. The summed E-state index contributed by atoms with van der Waals surface area (Å²) in [7, 11) is 0. The van der Waals surface area contributed by atoms with E-state index in [2.05, 4.69) is 9.97 Å². The third kappa shape index (κ3) is 3.93. The molecule has 84 valence electrons. The number of hydrogen-bond donors (Lipinski definition) is 3. The highest BCUT2D eigenvalue weighted by molar-refractivity contribution is 7.99. The van der Waals surface area contributed by atoms with Crippen LogP contribution in [0.2, 0.25) is 0 Å². The zero-order valence-electron chi connectivity index (χ0n) is 8.56. The number of imidazole rings is 1. The Bertz CT molecular complexity index is 311. The monoisotopic (exact) mass is 229 g/mol. The minimum Gasteiger partial charge on any atom is -0.480 e. The maximum absolute atomic E-state index is 10.7. The van der Waals surface area contributed by atoms with Crippen LogP contribution in [0.1, 0.15) is 19.8 Å². The minimum atomic E-state index is -1.12. The molecule has 0 saturated carbocycles. The molecular formula is C9H15N3O2S. The molecule has 1 unspecified atom stereocenters. The number of aliphatic carboxylic acids is 1. The Morgan fingerprint density at radius 1 is 1.80 bits per heavy atom. The molecule has 0 radical (unpaired) electrons. The Kier molecular flexibility index (Phi) is 4.16. The van der Waals surface area contributed by atoms with Crippen molar-refractivity contribution in [3.8, 4) is 0 Å². The summed E-state index contributed by atoms with van der Waals surface area (Å²) in [5.74, 6) is -0.140. The van der Waals surface area contributed by atoms with Gasteiger partial charge in [-0.05, 0) is 19.8 Å². The fourth-order valence-electron chi connectivity index (χ4n) is 1.04. The lowest BCUT2D eigenvalue weighted by Gasteiger charge is -2.18. The van der Waals surface area contributed by atoms with Crippen molar-refractivity contribution in [2.24, 2.45) is 5.73 Å². The number of rotatable bonds is 6. The van der Waals surface area contributed by atoms with Gasteiger partial charge in [0.2, 0.25) is 0 Å². The third-order valence-electron chi connectivity index (χ3n) is 2.04. The Balaban J connectivity index is 2.19. The number of hydrogen-bond acceptors (Lipinski definition) is 4. The van der Waals surface area contributed by atoms with Crippen molar-refractivity contribution in [1.29, 1.82) is 0 Å². The van der Waals surface area contributed by atoms with Crippen LogP contribution in [0.3, 0.4) is 0 Å². The lowest BCUT2D eigenvalue weighted by molar-refractivity contribution is -0.142. The summed E-state index contributed by atoms with van der Waals surface area (Å²) in [4.78, 5) is 17.7. The Labute approximate surface area is 92.5 Å². The van der Waals surface area contributed by atoms with Crippen LogP contribution in [0.15, 0.2) is 17.6 Å². The summed E-state index contributed by atoms with van der Waals surface area (Å²) >= 11 is 1.56. The van der Waals surface area contributed by atoms with Crippen molar-refractivity contribution in [3.63, 3.8) is 0 Å². The molecule has 15 heavy (non-hydrogen) atoms. The van der Waals surface area contributed by atoms with Crippen molar-refractivity contribution in [2.75, 3.05) is 5.75 Å². The van der Waals surface area contributed by atoms with E-state index in [-0.39, 0.29) is 0 Å². The fourth-order valence-corrected chi connectivity index (χ4v) is 1.81. The summed E-state index contributed by atoms with van der Waals surface area (Å²) in [6.07, 6.45) is 4.67. The summed E-state index contributed by atoms with van der Waals surface area (Å²) in [6, 6.07) is 0. The van der Waals surface area contributed by atoms with Crippen molar-refractivity contribution in [1.82, 2.24) is 9.97 Å². The highest BCUT2D eigenvalue weighted by Gasteiger charge is 2.26. The molecular weight excluding hydrogens is 214 g/mol. The molecule has 0 bridgehead atoms. The van der Waals surface area contributed by atoms with Crippen LogP contribution in [0.4, 0.5) is 0 Å². The van der Waals surface area contributed by atoms with Gasteiger partial charge in [0, 0.05) is 18.1 Å². The van der Waals surface area contributed by atoms with Crippen molar-refractivity contribution in [2.45, 2.75) is 30.5 Å². The Morgan fingerprint density at radius 2 is 2.53 bits per heavy atom. The number of H-pyrrole nitrogens is 1. The average molecular weight is 229 g/mol. The molecule has 1 rings (SSSR count). The molecule has 4 N–H and O–H groups in total. The first kappa shape index (κ1) is 12.1.